The minimum absolute atomic E-state index is 0.143. The number of esters is 1. The van der Waals surface area contributed by atoms with E-state index in [0.717, 1.165) is 0 Å². The van der Waals surface area contributed by atoms with Crippen LogP contribution in [0.15, 0.2) is 66.7 Å². The van der Waals surface area contributed by atoms with E-state index in [1.165, 1.54) is 32.2 Å². The van der Waals surface area contributed by atoms with Crippen LogP contribution in [0.3, 0.4) is 0 Å². The second kappa shape index (κ2) is 12.5. The zero-order valence-corrected chi connectivity index (χ0v) is 20.6. The van der Waals surface area contributed by atoms with Crippen LogP contribution in [0.25, 0.3) is 0 Å². The largest absolute Gasteiger partial charge is 0.497 e. The summed E-state index contributed by atoms with van der Waals surface area (Å²) in [6.07, 6.45) is -1.07. The third-order valence-electron chi connectivity index (χ3n) is 4.88. The van der Waals surface area contributed by atoms with Crippen molar-refractivity contribution in [2.24, 2.45) is 0 Å². The van der Waals surface area contributed by atoms with Gasteiger partial charge in [0.25, 0.3) is 11.8 Å². The van der Waals surface area contributed by atoms with Gasteiger partial charge in [0.1, 0.15) is 5.75 Å². The van der Waals surface area contributed by atoms with Crippen LogP contribution in [0, 0.1) is 0 Å². The molecule has 0 aliphatic rings. The highest BCUT2D eigenvalue weighted by Crippen LogP contribution is 2.28. The van der Waals surface area contributed by atoms with Crippen molar-refractivity contribution in [2.75, 3.05) is 31.5 Å². The summed E-state index contributed by atoms with van der Waals surface area (Å²) in [6, 6.07) is 17.8. The van der Waals surface area contributed by atoms with Gasteiger partial charge in [-0.1, -0.05) is 17.7 Å². The maximum atomic E-state index is 12.6. The van der Waals surface area contributed by atoms with Crippen LogP contribution < -0.4 is 24.8 Å². The van der Waals surface area contributed by atoms with Crippen molar-refractivity contribution in [3.63, 3.8) is 0 Å². The standard InChI is InChI=1S/C26H25ClN2O7/c1-16(25(31)29-20-6-4-5-18(27)14-20)36-26(32)17-7-12-22(23(13-17)34-3)35-15-24(30)28-19-8-10-21(33-2)11-9-19/h4-14,16H,15H2,1-3H3,(H,28,30)(H,29,31)/t16-/m1/s1. The molecule has 0 aliphatic heterocycles. The fourth-order valence-electron chi connectivity index (χ4n) is 3.02. The number of hydrogen-bond donors (Lipinski definition) is 2. The second-order valence-corrected chi connectivity index (χ2v) is 7.91. The summed E-state index contributed by atoms with van der Waals surface area (Å²) < 4.78 is 21.2. The quantitative estimate of drug-likeness (QED) is 0.383. The molecule has 0 bridgehead atoms. The molecule has 9 nitrogen and oxygen atoms in total. The Morgan fingerprint density at radius 2 is 1.61 bits per heavy atom. The highest BCUT2D eigenvalue weighted by atomic mass is 35.5. The van der Waals surface area contributed by atoms with Crippen molar-refractivity contribution >= 4 is 40.8 Å². The van der Waals surface area contributed by atoms with E-state index in [-0.39, 0.29) is 29.6 Å². The van der Waals surface area contributed by atoms with Gasteiger partial charge >= 0.3 is 5.97 Å². The second-order valence-electron chi connectivity index (χ2n) is 7.48. The van der Waals surface area contributed by atoms with Gasteiger partial charge in [-0.15, -0.1) is 0 Å². The van der Waals surface area contributed by atoms with Gasteiger partial charge in [-0.2, -0.15) is 0 Å². The van der Waals surface area contributed by atoms with E-state index in [0.29, 0.717) is 22.1 Å². The van der Waals surface area contributed by atoms with E-state index >= 15 is 0 Å². The van der Waals surface area contributed by atoms with Crippen molar-refractivity contribution in [2.45, 2.75) is 13.0 Å². The molecule has 10 heteroatoms. The highest BCUT2D eigenvalue weighted by molar-refractivity contribution is 6.30. The fourth-order valence-corrected chi connectivity index (χ4v) is 3.21. The van der Waals surface area contributed by atoms with Gasteiger partial charge in [-0.3, -0.25) is 9.59 Å². The van der Waals surface area contributed by atoms with E-state index < -0.39 is 18.0 Å². The molecule has 0 heterocycles. The molecule has 1 atom stereocenters. The number of carbonyl (C=O) groups excluding carboxylic acids is 3. The molecule has 0 saturated carbocycles. The van der Waals surface area contributed by atoms with Crippen molar-refractivity contribution in [1.29, 1.82) is 0 Å². The number of hydrogen-bond acceptors (Lipinski definition) is 7. The predicted molar refractivity (Wildman–Crippen MR) is 135 cm³/mol. The Morgan fingerprint density at radius 3 is 2.28 bits per heavy atom. The van der Waals surface area contributed by atoms with Crippen LogP contribution in [-0.2, 0) is 14.3 Å². The fraction of sp³-hybridized carbons (Fsp3) is 0.192. The lowest BCUT2D eigenvalue weighted by Crippen LogP contribution is -2.30. The number of carbonyl (C=O) groups is 3. The number of anilines is 2. The maximum absolute atomic E-state index is 12.6. The minimum Gasteiger partial charge on any atom is -0.497 e. The first-order valence-electron chi connectivity index (χ1n) is 10.8. The van der Waals surface area contributed by atoms with E-state index in [1.54, 1.807) is 55.6 Å². The zero-order chi connectivity index (χ0) is 26.1. The monoisotopic (exact) mass is 512 g/mol. The summed E-state index contributed by atoms with van der Waals surface area (Å²) in [5.41, 5.74) is 1.21. The lowest BCUT2D eigenvalue weighted by atomic mass is 10.2. The number of ether oxygens (including phenoxy) is 4. The molecule has 3 aromatic carbocycles. The zero-order valence-electron chi connectivity index (χ0n) is 19.9. The summed E-state index contributed by atoms with van der Waals surface area (Å²) >= 11 is 5.91. The molecule has 0 aliphatic carbocycles. The molecule has 0 radical (unpaired) electrons. The lowest BCUT2D eigenvalue weighted by Gasteiger charge is -2.15. The molecule has 188 valence electrons. The van der Waals surface area contributed by atoms with Crippen LogP contribution >= 0.6 is 11.6 Å². The summed E-state index contributed by atoms with van der Waals surface area (Å²) in [5, 5.41) is 5.80. The Labute approximate surface area is 213 Å². The molecule has 0 aromatic heterocycles. The summed E-state index contributed by atoms with van der Waals surface area (Å²) in [5.74, 6) is -0.483. The molecule has 0 saturated heterocycles. The lowest BCUT2D eigenvalue weighted by molar-refractivity contribution is -0.123. The van der Waals surface area contributed by atoms with Gasteiger partial charge in [0.15, 0.2) is 24.2 Å². The van der Waals surface area contributed by atoms with Crippen LogP contribution in [0.2, 0.25) is 5.02 Å². The van der Waals surface area contributed by atoms with Crippen LogP contribution in [-0.4, -0.2) is 44.7 Å². The van der Waals surface area contributed by atoms with E-state index in [9.17, 15) is 14.4 Å². The molecule has 36 heavy (non-hydrogen) atoms. The smallest absolute Gasteiger partial charge is 0.339 e. The number of benzene rings is 3. The van der Waals surface area contributed by atoms with E-state index in [2.05, 4.69) is 10.6 Å². The van der Waals surface area contributed by atoms with Crippen LogP contribution in [0.5, 0.6) is 17.2 Å². The van der Waals surface area contributed by atoms with Gasteiger partial charge in [0.2, 0.25) is 0 Å². The normalized spacial score (nSPS) is 11.1. The van der Waals surface area contributed by atoms with E-state index in [1.807, 2.05) is 0 Å². The molecular weight excluding hydrogens is 488 g/mol. The Morgan fingerprint density at radius 1 is 0.861 bits per heavy atom. The first kappa shape index (κ1) is 26.4. The number of rotatable bonds is 10. The van der Waals surface area contributed by atoms with Gasteiger partial charge in [0, 0.05) is 16.4 Å². The molecule has 2 amide bonds. The van der Waals surface area contributed by atoms with Crippen molar-refractivity contribution in [3.8, 4) is 17.2 Å². The summed E-state index contributed by atoms with van der Waals surface area (Å²) in [7, 11) is 2.95. The SMILES string of the molecule is COc1ccc(NC(=O)COc2ccc(C(=O)O[C@H](C)C(=O)Nc3cccc(Cl)c3)cc2OC)cc1. The first-order valence-corrected chi connectivity index (χ1v) is 11.2. The maximum Gasteiger partial charge on any atom is 0.339 e. The third-order valence-corrected chi connectivity index (χ3v) is 5.11. The Kier molecular flexibility index (Phi) is 9.13. The van der Waals surface area contributed by atoms with E-state index in [4.69, 9.17) is 30.5 Å². The Balaban J connectivity index is 1.56. The van der Waals surface area contributed by atoms with Gasteiger partial charge < -0.3 is 29.6 Å². The van der Waals surface area contributed by atoms with Crippen molar-refractivity contribution in [3.05, 3.63) is 77.3 Å². The molecular formula is C26H25ClN2O7. The van der Waals surface area contributed by atoms with Gasteiger partial charge in [-0.05, 0) is 67.6 Å². The van der Waals surface area contributed by atoms with Gasteiger partial charge in [0.05, 0.1) is 19.8 Å². The van der Waals surface area contributed by atoms with Crippen LogP contribution in [0.1, 0.15) is 17.3 Å². The Hall–Kier alpha value is -4.24. The topological polar surface area (TPSA) is 112 Å². The number of amides is 2. The summed E-state index contributed by atoms with van der Waals surface area (Å²) in [4.78, 5) is 37.1. The van der Waals surface area contributed by atoms with Crippen molar-refractivity contribution < 1.29 is 33.3 Å². The average molecular weight is 513 g/mol. The highest BCUT2D eigenvalue weighted by Gasteiger charge is 2.20. The van der Waals surface area contributed by atoms with Crippen LogP contribution in [0.4, 0.5) is 11.4 Å². The third kappa shape index (κ3) is 7.38. The minimum atomic E-state index is -1.07. The number of nitrogens with one attached hydrogen (secondary N) is 2. The Bertz CT molecular complexity index is 1230. The molecule has 0 spiro atoms. The summed E-state index contributed by atoms with van der Waals surface area (Å²) in [6.45, 7) is 1.17. The first-order chi connectivity index (χ1) is 17.3. The number of methoxy groups -OCH3 is 2. The molecule has 2 N–H and O–H groups in total. The van der Waals surface area contributed by atoms with Gasteiger partial charge in [-0.25, -0.2) is 4.79 Å². The van der Waals surface area contributed by atoms with Crippen molar-refractivity contribution in [1.82, 2.24) is 0 Å². The average Bonchev–Trinajstić information content (AvgIpc) is 2.87. The predicted octanol–water partition coefficient (Wildman–Crippen LogP) is 4.56. The molecule has 0 fully saturated rings. The number of halogens is 1. The molecule has 3 rings (SSSR count). The molecule has 0 unspecified atom stereocenters. The molecule has 3 aromatic rings.